The van der Waals surface area contributed by atoms with Crippen LogP contribution in [-0.4, -0.2) is 110 Å². The van der Waals surface area contributed by atoms with Gasteiger partial charge in [0, 0.05) is 81.3 Å². The van der Waals surface area contributed by atoms with Gasteiger partial charge in [0.05, 0.1) is 39.5 Å². The molecule has 0 spiro atoms. The fourth-order valence-corrected chi connectivity index (χ4v) is 10.5. The van der Waals surface area contributed by atoms with Crippen LogP contribution in [0.2, 0.25) is 0 Å². The quantitative estimate of drug-likeness (QED) is 0.0681. The van der Waals surface area contributed by atoms with E-state index in [2.05, 4.69) is 87.6 Å². The summed E-state index contributed by atoms with van der Waals surface area (Å²) in [6.45, 7) is 12.3. The number of halogens is 2. The summed E-state index contributed by atoms with van der Waals surface area (Å²) in [5, 5.41) is 9.45. The number of urea groups is 1. The Morgan fingerprint density at radius 1 is 0.984 bits per heavy atom. The zero-order valence-electron chi connectivity index (χ0n) is 36.7. The maximum Gasteiger partial charge on any atom is 0.328 e. The molecule has 3 aromatic carbocycles. The van der Waals surface area contributed by atoms with Gasteiger partial charge in [-0.3, -0.25) is 25.0 Å². The number of piperidine rings is 2. The number of benzene rings is 3. The van der Waals surface area contributed by atoms with Crippen molar-refractivity contribution in [2.24, 2.45) is 5.92 Å². The van der Waals surface area contributed by atoms with E-state index in [1.807, 2.05) is 25.1 Å². The molecule has 0 atom stereocenters. The Morgan fingerprint density at radius 2 is 1.71 bits per heavy atom. The van der Waals surface area contributed by atoms with E-state index in [1.54, 1.807) is 45.1 Å². The molecule has 15 nitrogen and oxygen atoms in total. The molecule has 0 saturated carbocycles. The molecule has 2 saturated heterocycles. The van der Waals surface area contributed by atoms with Crippen molar-refractivity contribution in [3.05, 3.63) is 76.9 Å². The van der Waals surface area contributed by atoms with E-state index >= 15 is 4.39 Å². The second kappa shape index (κ2) is 20.0. The molecule has 2 aliphatic heterocycles. The first kappa shape index (κ1) is 45.6. The molecule has 3 amide bonds. The number of rotatable bonds is 15. The minimum Gasteiger partial charge on any atom is -0.494 e. The van der Waals surface area contributed by atoms with E-state index in [-0.39, 0.29) is 5.69 Å². The van der Waals surface area contributed by atoms with Crippen molar-refractivity contribution in [1.29, 1.82) is 0 Å². The first-order valence-corrected chi connectivity index (χ1v) is 24.7. The van der Waals surface area contributed by atoms with Crippen LogP contribution < -0.4 is 40.7 Å². The van der Waals surface area contributed by atoms with Crippen LogP contribution in [0.15, 0.2) is 65.5 Å². The molecule has 0 aliphatic carbocycles. The molecule has 334 valence electrons. The number of nitrogens with one attached hydrogen (secondary N) is 3. The molecule has 0 radical (unpaired) electrons. The molecule has 63 heavy (non-hydrogen) atoms. The zero-order valence-corrected chi connectivity index (χ0v) is 39.2. The molecule has 2 aliphatic rings. The normalized spacial score (nSPS) is 15.1. The highest BCUT2D eigenvalue weighted by molar-refractivity contribution is 9.10. The summed E-state index contributed by atoms with van der Waals surface area (Å²) < 4.78 is 35.3. The summed E-state index contributed by atoms with van der Waals surface area (Å²) >= 11 is 3.58. The summed E-state index contributed by atoms with van der Waals surface area (Å²) in [5.41, 5.74) is 5.84. The van der Waals surface area contributed by atoms with Gasteiger partial charge < -0.3 is 34.6 Å². The van der Waals surface area contributed by atoms with Gasteiger partial charge >= 0.3 is 6.03 Å². The third-order valence-electron chi connectivity index (χ3n) is 12.0. The molecule has 2 fully saturated rings. The van der Waals surface area contributed by atoms with Gasteiger partial charge in [0.2, 0.25) is 12.4 Å². The number of nitrogens with zero attached hydrogens (tertiary/aromatic N) is 8. The number of methoxy groups -OCH3 is 1. The van der Waals surface area contributed by atoms with E-state index in [9.17, 15) is 14.2 Å². The minimum absolute atomic E-state index is 0.165. The first-order chi connectivity index (χ1) is 30.3. The van der Waals surface area contributed by atoms with E-state index in [4.69, 9.17) is 9.72 Å². The monoisotopic (exact) mass is 943 g/mol. The summed E-state index contributed by atoms with van der Waals surface area (Å²) in [6.07, 6.45) is 9.95. The molecular formula is C45H56BrFN11O4P. The number of aromatic nitrogens is 4. The minimum atomic E-state index is -2.78. The number of fused-ring (bicyclic) bond motifs is 1. The van der Waals surface area contributed by atoms with Crippen molar-refractivity contribution in [3.63, 3.8) is 0 Å². The van der Waals surface area contributed by atoms with Crippen molar-refractivity contribution in [2.75, 3.05) is 92.1 Å². The Balaban J connectivity index is 0.939. The smallest absolute Gasteiger partial charge is 0.328 e. The molecule has 2 aromatic heterocycles. The number of hydrogen-bond donors (Lipinski definition) is 3. The van der Waals surface area contributed by atoms with Gasteiger partial charge in [-0.15, -0.1) is 0 Å². The van der Waals surface area contributed by atoms with Gasteiger partial charge in [-0.1, -0.05) is 6.92 Å². The second-order valence-corrected chi connectivity index (χ2v) is 20.7. The predicted molar refractivity (Wildman–Crippen MR) is 254 cm³/mol. The highest BCUT2D eigenvalue weighted by atomic mass is 79.9. The van der Waals surface area contributed by atoms with Crippen LogP contribution in [-0.2, 0) is 9.36 Å². The summed E-state index contributed by atoms with van der Waals surface area (Å²) in [6, 6.07) is 12.7. The Hall–Kier alpha value is -5.38. The van der Waals surface area contributed by atoms with Crippen molar-refractivity contribution in [1.82, 2.24) is 30.2 Å². The van der Waals surface area contributed by atoms with Gasteiger partial charge in [-0.2, -0.15) is 4.98 Å². The molecule has 4 heterocycles. The lowest BCUT2D eigenvalue weighted by molar-refractivity contribution is -0.108. The van der Waals surface area contributed by atoms with Crippen LogP contribution in [0.25, 0.3) is 11.0 Å². The number of anilines is 7. The van der Waals surface area contributed by atoms with Gasteiger partial charge in [-0.05, 0) is 123 Å². The van der Waals surface area contributed by atoms with Crippen LogP contribution in [0.4, 0.5) is 49.4 Å². The van der Waals surface area contributed by atoms with Crippen LogP contribution in [0, 0.1) is 18.7 Å². The van der Waals surface area contributed by atoms with Crippen molar-refractivity contribution >= 4 is 92.1 Å². The van der Waals surface area contributed by atoms with E-state index < -0.39 is 19.0 Å². The van der Waals surface area contributed by atoms with E-state index in [0.29, 0.717) is 75.3 Å². The van der Waals surface area contributed by atoms with E-state index in [0.717, 1.165) is 81.0 Å². The molecule has 0 bridgehead atoms. The number of imide groups is 1. The lowest BCUT2D eigenvalue weighted by atomic mass is 9.94. The maximum absolute atomic E-state index is 15.3. The van der Waals surface area contributed by atoms with E-state index in [1.165, 1.54) is 11.0 Å². The Morgan fingerprint density at radius 3 is 2.40 bits per heavy atom. The first-order valence-electron chi connectivity index (χ1n) is 21.3. The molecule has 3 N–H and O–H groups in total. The van der Waals surface area contributed by atoms with Gasteiger partial charge in [-0.25, -0.2) is 14.2 Å². The number of carbonyl (C=O) groups is 2. The number of aryl methyl sites for hydroxylation is 1. The second-order valence-electron chi connectivity index (χ2n) is 16.7. The maximum atomic E-state index is 15.3. The molecular weight excluding hydrogens is 888 g/mol. The lowest BCUT2D eigenvalue weighted by Crippen LogP contribution is -2.46. The Kier molecular flexibility index (Phi) is 14.5. The standard InChI is InChI=1S/C45H56BrFN11O4P/c1-7-18-58(45(60)51-28-59)38-11-8-32(24-34(38)47)56-19-12-30(13-20-56)27-55(3)31-14-21-57(22-15-31)39-25-40(62-4)37(23-29(39)2)53-44-50-26-33(46)43(54-44)52-36-10-9-35-41(49-17-16-48-35)42(36)63(5,6)61/h8-11,16-17,23-26,28,30-31H,7,12-15,18-22,27H2,1-6H3,(H,51,59,60)(H2,50,52,53,54). The summed E-state index contributed by atoms with van der Waals surface area (Å²) in [7, 11) is 1.13. The third kappa shape index (κ3) is 10.5. The summed E-state index contributed by atoms with van der Waals surface area (Å²) in [5.74, 6) is 1.60. The van der Waals surface area contributed by atoms with Gasteiger partial charge in [0.15, 0.2) is 0 Å². The number of amides is 3. The highest BCUT2D eigenvalue weighted by Crippen LogP contribution is 2.42. The summed E-state index contributed by atoms with van der Waals surface area (Å²) in [4.78, 5) is 49.9. The van der Waals surface area contributed by atoms with Crippen LogP contribution in [0.5, 0.6) is 5.75 Å². The molecule has 5 aromatic rings. The van der Waals surface area contributed by atoms with Crippen LogP contribution >= 0.6 is 23.1 Å². The number of carbonyl (C=O) groups excluding carboxylic acids is 2. The molecule has 7 rings (SSSR count). The number of hydrogen-bond acceptors (Lipinski definition) is 13. The highest BCUT2D eigenvalue weighted by Gasteiger charge is 2.29. The van der Waals surface area contributed by atoms with Crippen molar-refractivity contribution in [2.45, 2.75) is 52.0 Å². The SMILES string of the molecule is CCCN(C(=O)NC=O)c1ccc(N2CCC(CN(C)C3CCN(c4cc(OC)c(Nc5ncc(Br)c(Nc6ccc7nccnc7c6P(C)(C)=O)n5)cc4C)CC3)CC2)cc1F. The Bertz CT molecular complexity index is 2490. The molecule has 0 unspecified atom stereocenters. The molecule has 18 heteroatoms. The van der Waals surface area contributed by atoms with Crippen LogP contribution in [0.1, 0.15) is 44.6 Å². The number of ether oxygens (including phenoxy) is 1. The predicted octanol–water partition coefficient (Wildman–Crippen LogP) is 8.27. The fourth-order valence-electron chi connectivity index (χ4n) is 8.79. The average molecular weight is 945 g/mol. The van der Waals surface area contributed by atoms with Gasteiger partial charge in [0.25, 0.3) is 0 Å². The Labute approximate surface area is 376 Å². The zero-order chi connectivity index (χ0) is 44.8. The largest absolute Gasteiger partial charge is 0.494 e. The lowest BCUT2D eigenvalue weighted by Gasteiger charge is -2.41. The van der Waals surface area contributed by atoms with Crippen molar-refractivity contribution in [3.8, 4) is 5.75 Å². The van der Waals surface area contributed by atoms with Gasteiger partial charge in [0.1, 0.15) is 30.0 Å². The average Bonchev–Trinajstić information content (AvgIpc) is 3.27. The van der Waals surface area contributed by atoms with Crippen LogP contribution in [0.3, 0.4) is 0 Å². The van der Waals surface area contributed by atoms with Crippen molar-refractivity contribution < 1.29 is 23.3 Å². The topological polar surface area (TPSA) is 161 Å². The third-order valence-corrected chi connectivity index (χ3v) is 14.1. The fraction of sp³-hybridized carbons (Fsp3) is 0.422.